The van der Waals surface area contributed by atoms with E-state index >= 15 is 0 Å². The zero-order valence-electron chi connectivity index (χ0n) is 12.3. The standard InChI is InChI=1S/C14H22N2O2S/c1-14(2,3)15-12-11(13(17)18-5)9-6-7-16(4)8-10(9)19-12/h15H,6-8H2,1-5H3. The highest BCUT2D eigenvalue weighted by atomic mass is 32.1. The lowest BCUT2D eigenvalue weighted by molar-refractivity contribution is 0.0600. The van der Waals surface area contributed by atoms with Gasteiger partial charge in [0.15, 0.2) is 0 Å². The minimum absolute atomic E-state index is 0.0673. The SMILES string of the molecule is COC(=O)c1c(NC(C)(C)C)sc2c1CCN(C)C2. The molecule has 0 aromatic carbocycles. The summed E-state index contributed by atoms with van der Waals surface area (Å²) >= 11 is 1.68. The first-order chi connectivity index (χ1) is 8.81. The molecule has 0 radical (unpaired) electrons. The van der Waals surface area contributed by atoms with Gasteiger partial charge < -0.3 is 15.0 Å². The van der Waals surface area contributed by atoms with Crippen LogP contribution < -0.4 is 5.32 Å². The molecular weight excluding hydrogens is 260 g/mol. The van der Waals surface area contributed by atoms with Crippen molar-refractivity contribution in [3.8, 4) is 0 Å². The fourth-order valence-corrected chi connectivity index (χ4v) is 3.80. The number of carbonyl (C=O) groups excluding carboxylic acids is 1. The van der Waals surface area contributed by atoms with Crippen LogP contribution >= 0.6 is 11.3 Å². The second kappa shape index (κ2) is 5.13. The second-order valence-corrected chi connectivity index (χ2v) is 7.17. The lowest BCUT2D eigenvalue weighted by atomic mass is 10.0. The molecule has 1 aromatic rings. The van der Waals surface area contributed by atoms with Crippen molar-refractivity contribution in [2.75, 3.05) is 26.0 Å². The minimum atomic E-state index is -0.228. The van der Waals surface area contributed by atoms with E-state index in [1.54, 1.807) is 11.3 Å². The minimum Gasteiger partial charge on any atom is -0.465 e. The molecule has 5 heteroatoms. The number of nitrogens with one attached hydrogen (secondary N) is 1. The summed E-state index contributed by atoms with van der Waals surface area (Å²) in [6.45, 7) is 8.19. The van der Waals surface area contributed by atoms with Crippen molar-refractivity contribution in [2.45, 2.75) is 39.3 Å². The molecule has 1 aliphatic rings. The fourth-order valence-electron chi connectivity index (χ4n) is 2.28. The second-order valence-electron chi connectivity index (χ2n) is 6.06. The summed E-state index contributed by atoms with van der Waals surface area (Å²) in [5.41, 5.74) is 1.84. The van der Waals surface area contributed by atoms with Crippen LogP contribution in [0.25, 0.3) is 0 Å². The van der Waals surface area contributed by atoms with E-state index in [1.807, 2.05) is 0 Å². The van der Waals surface area contributed by atoms with Gasteiger partial charge in [0.2, 0.25) is 0 Å². The van der Waals surface area contributed by atoms with E-state index in [-0.39, 0.29) is 11.5 Å². The van der Waals surface area contributed by atoms with Crippen LogP contribution in [0, 0.1) is 0 Å². The molecule has 0 atom stereocenters. The van der Waals surface area contributed by atoms with E-state index < -0.39 is 0 Å². The number of rotatable bonds is 2. The van der Waals surface area contributed by atoms with E-state index in [1.165, 1.54) is 17.6 Å². The summed E-state index contributed by atoms with van der Waals surface area (Å²) in [6.07, 6.45) is 0.915. The molecule has 1 N–H and O–H groups in total. The van der Waals surface area contributed by atoms with Gasteiger partial charge in [-0.05, 0) is 39.8 Å². The molecule has 0 saturated heterocycles. The Labute approximate surface area is 118 Å². The molecule has 19 heavy (non-hydrogen) atoms. The molecule has 1 aliphatic heterocycles. The first-order valence-corrected chi connectivity index (χ1v) is 7.33. The largest absolute Gasteiger partial charge is 0.465 e. The first kappa shape index (κ1) is 14.3. The average Bonchev–Trinajstić information content (AvgIpc) is 2.62. The lowest BCUT2D eigenvalue weighted by Gasteiger charge is -2.22. The van der Waals surface area contributed by atoms with Crippen molar-refractivity contribution in [1.29, 1.82) is 0 Å². The monoisotopic (exact) mass is 282 g/mol. The van der Waals surface area contributed by atoms with Crippen LogP contribution in [0.3, 0.4) is 0 Å². The third-order valence-electron chi connectivity index (χ3n) is 3.13. The lowest BCUT2D eigenvalue weighted by Crippen LogP contribution is -2.27. The van der Waals surface area contributed by atoms with Gasteiger partial charge in [-0.2, -0.15) is 0 Å². The van der Waals surface area contributed by atoms with Gasteiger partial charge in [-0.15, -0.1) is 11.3 Å². The summed E-state index contributed by atoms with van der Waals surface area (Å²) in [7, 11) is 3.56. The Hall–Kier alpha value is -1.07. The highest BCUT2D eigenvalue weighted by Crippen LogP contribution is 2.38. The number of hydrogen-bond donors (Lipinski definition) is 1. The maximum atomic E-state index is 12.1. The van der Waals surface area contributed by atoms with Crippen LogP contribution in [0.2, 0.25) is 0 Å². The molecule has 0 aliphatic carbocycles. The maximum absolute atomic E-state index is 12.1. The van der Waals surface area contributed by atoms with Crippen molar-refractivity contribution in [1.82, 2.24) is 4.90 Å². The van der Waals surface area contributed by atoms with Gasteiger partial charge in [0, 0.05) is 23.5 Å². The highest BCUT2D eigenvalue weighted by Gasteiger charge is 2.28. The van der Waals surface area contributed by atoms with Gasteiger partial charge in [-0.3, -0.25) is 0 Å². The van der Waals surface area contributed by atoms with Crippen LogP contribution in [-0.4, -0.2) is 37.1 Å². The van der Waals surface area contributed by atoms with E-state index in [9.17, 15) is 4.79 Å². The summed E-state index contributed by atoms with van der Waals surface area (Å²) in [6, 6.07) is 0. The molecule has 0 spiro atoms. The van der Waals surface area contributed by atoms with Crippen molar-refractivity contribution >= 4 is 22.3 Å². The Morgan fingerprint density at radius 1 is 1.42 bits per heavy atom. The van der Waals surface area contributed by atoms with E-state index in [0.29, 0.717) is 0 Å². The van der Waals surface area contributed by atoms with E-state index in [4.69, 9.17) is 4.74 Å². The molecule has 0 saturated carbocycles. The topological polar surface area (TPSA) is 41.6 Å². The highest BCUT2D eigenvalue weighted by molar-refractivity contribution is 7.16. The zero-order valence-corrected chi connectivity index (χ0v) is 13.1. The third-order valence-corrected chi connectivity index (χ3v) is 4.26. The van der Waals surface area contributed by atoms with Crippen LogP contribution in [0.4, 0.5) is 5.00 Å². The Morgan fingerprint density at radius 3 is 2.68 bits per heavy atom. The quantitative estimate of drug-likeness (QED) is 0.847. The smallest absolute Gasteiger partial charge is 0.341 e. The van der Waals surface area contributed by atoms with Gasteiger partial charge in [0.05, 0.1) is 12.7 Å². The van der Waals surface area contributed by atoms with E-state index in [0.717, 1.165) is 30.1 Å². The number of anilines is 1. The van der Waals surface area contributed by atoms with Crippen molar-refractivity contribution in [3.05, 3.63) is 16.0 Å². The maximum Gasteiger partial charge on any atom is 0.341 e. The van der Waals surface area contributed by atoms with Gasteiger partial charge in [0.25, 0.3) is 0 Å². The molecule has 0 fully saturated rings. The molecule has 0 bridgehead atoms. The van der Waals surface area contributed by atoms with Gasteiger partial charge in [-0.1, -0.05) is 0 Å². The predicted octanol–water partition coefficient (Wildman–Crippen LogP) is 2.73. The van der Waals surface area contributed by atoms with Gasteiger partial charge >= 0.3 is 5.97 Å². The molecule has 0 unspecified atom stereocenters. The molecular formula is C14H22N2O2S. The van der Waals surface area contributed by atoms with Crippen LogP contribution in [0.15, 0.2) is 0 Å². The normalized spacial score (nSPS) is 16.1. The van der Waals surface area contributed by atoms with Crippen molar-refractivity contribution in [2.24, 2.45) is 0 Å². The van der Waals surface area contributed by atoms with Crippen molar-refractivity contribution < 1.29 is 9.53 Å². The summed E-state index contributed by atoms with van der Waals surface area (Å²) < 4.78 is 4.96. The Kier molecular flexibility index (Phi) is 3.87. The van der Waals surface area contributed by atoms with Crippen LogP contribution in [-0.2, 0) is 17.7 Å². The average molecular weight is 282 g/mol. The van der Waals surface area contributed by atoms with Gasteiger partial charge in [-0.25, -0.2) is 4.79 Å². The van der Waals surface area contributed by atoms with Crippen molar-refractivity contribution in [3.63, 3.8) is 0 Å². The molecule has 2 rings (SSSR count). The number of methoxy groups -OCH3 is 1. The molecule has 106 valence electrons. The molecule has 1 aromatic heterocycles. The number of hydrogen-bond acceptors (Lipinski definition) is 5. The molecule has 2 heterocycles. The first-order valence-electron chi connectivity index (χ1n) is 6.51. The number of thiophene rings is 1. The summed E-state index contributed by atoms with van der Waals surface area (Å²) in [4.78, 5) is 15.6. The molecule has 4 nitrogen and oxygen atoms in total. The van der Waals surface area contributed by atoms with Crippen LogP contribution in [0.5, 0.6) is 0 Å². The summed E-state index contributed by atoms with van der Waals surface area (Å²) in [5, 5.41) is 4.38. The Morgan fingerprint density at radius 2 is 2.11 bits per heavy atom. The third kappa shape index (κ3) is 3.09. The summed E-state index contributed by atoms with van der Waals surface area (Å²) in [5.74, 6) is -0.228. The Balaban J connectivity index is 2.44. The number of fused-ring (bicyclic) bond motifs is 1. The van der Waals surface area contributed by atoms with E-state index in [2.05, 4.69) is 38.0 Å². The number of carbonyl (C=O) groups is 1. The Bertz CT molecular complexity index is 488. The number of likely N-dealkylation sites (N-methyl/N-ethyl adjacent to an activating group) is 1. The molecule has 0 amide bonds. The predicted molar refractivity (Wildman–Crippen MR) is 79.1 cm³/mol. The zero-order chi connectivity index (χ0) is 14.2. The number of ether oxygens (including phenoxy) is 1. The van der Waals surface area contributed by atoms with Gasteiger partial charge in [0.1, 0.15) is 5.00 Å². The fraction of sp³-hybridized carbons (Fsp3) is 0.643. The number of nitrogens with zero attached hydrogens (tertiary/aromatic N) is 1. The van der Waals surface area contributed by atoms with Crippen LogP contribution in [0.1, 0.15) is 41.6 Å². The number of esters is 1.